The molecule has 0 unspecified atom stereocenters. The van der Waals surface area contributed by atoms with E-state index >= 15 is 0 Å². The van der Waals surface area contributed by atoms with Gasteiger partial charge in [0.2, 0.25) is 0 Å². The summed E-state index contributed by atoms with van der Waals surface area (Å²) in [5, 5.41) is 9.40. The van der Waals surface area contributed by atoms with Gasteiger partial charge in [0.1, 0.15) is 10.5 Å². The maximum absolute atomic E-state index is 11.4. The fraction of sp³-hybridized carbons (Fsp3) is 0.480. The van der Waals surface area contributed by atoms with Crippen molar-refractivity contribution in [2.24, 2.45) is 0 Å². The number of rotatable bonds is 7. The van der Waals surface area contributed by atoms with E-state index in [1.807, 2.05) is 18.2 Å². The average molecular weight is 477 g/mol. The minimum absolute atomic E-state index is 0.575. The first-order valence-corrected chi connectivity index (χ1v) is 12.8. The molecule has 0 amide bonds. The molecule has 3 rings (SSSR count). The molecule has 0 aromatic heterocycles. The minimum Gasteiger partial charge on any atom is -0.496 e. The van der Waals surface area contributed by atoms with E-state index in [0.717, 1.165) is 40.7 Å². The highest BCUT2D eigenvalue weighted by molar-refractivity contribution is 8.00. The fourth-order valence-electron chi connectivity index (χ4n) is 2.95. The topological polar surface area (TPSA) is 53.0 Å². The Hall–Kier alpha value is -1.83. The lowest BCUT2D eigenvalue weighted by Gasteiger charge is -2.26. The number of para-hydroxylation sites is 1. The number of fused-ring (bicyclic) bond motifs is 1. The molecule has 0 spiro atoms. The number of hydrogen-bond acceptors (Lipinski definition) is 6. The number of likely N-dealkylation sites (N-methyl/N-ethyl adjacent to an activating group) is 1. The average Bonchev–Trinajstić information content (AvgIpc) is 2.95. The number of aliphatic carboxylic acids is 1. The van der Waals surface area contributed by atoms with E-state index in [1.54, 1.807) is 32.9 Å². The standard InChI is InChI=1S/C21H26N2O3S2.C4H10/c1-21(2,20(24)25)27-14-15-12-19-17(13-18(15)26-4)23(11-10-22(3)28-19)16-8-6-5-7-9-16;1-3-4-2/h5-9,12-13H,10-11,14H2,1-4H3,(H,24,25);3-4H2,1-2H3. The van der Waals surface area contributed by atoms with Gasteiger partial charge >= 0.3 is 5.97 Å². The predicted molar refractivity (Wildman–Crippen MR) is 139 cm³/mol. The Balaban J connectivity index is 0.000000837. The minimum atomic E-state index is -0.849. The predicted octanol–water partition coefficient (Wildman–Crippen LogP) is 6.69. The van der Waals surface area contributed by atoms with Gasteiger partial charge < -0.3 is 14.7 Å². The van der Waals surface area contributed by atoms with Gasteiger partial charge in [-0.3, -0.25) is 4.79 Å². The highest BCUT2D eigenvalue weighted by Gasteiger charge is 2.29. The van der Waals surface area contributed by atoms with Gasteiger partial charge in [-0.1, -0.05) is 44.9 Å². The maximum atomic E-state index is 11.4. The summed E-state index contributed by atoms with van der Waals surface area (Å²) in [6.07, 6.45) is 2.64. The lowest BCUT2D eigenvalue weighted by Crippen LogP contribution is -2.27. The summed E-state index contributed by atoms with van der Waals surface area (Å²) in [7, 11) is 3.76. The smallest absolute Gasteiger partial charge is 0.319 e. The van der Waals surface area contributed by atoms with Crippen LogP contribution in [0.5, 0.6) is 5.75 Å². The molecule has 176 valence electrons. The van der Waals surface area contributed by atoms with Gasteiger partial charge in [-0.05, 0) is 51.0 Å². The largest absolute Gasteiger partial charge is 0.496 e. The van der Waals surface area contributed by atoms with E-state index in [2.05, 4.69) is 54.4 Å². The van der Waals surface area contributed by atoms with Gasteiger partial charge in [-0.25, -0.2) is 4.31 Å². The number of anilines is 2. The SMILES string of the molecule is CCCC.COc1cc2c(cc1CSC(C)(C)C(=O)O)SN(C)CCN2c1ccccc1. The Morgan fingerprint density at radius 1 is 1.16 bits per heavy atom. The molecule has 0 fully saturated rings. The van der Waals surface area contributed by atoms with E-state index in [9.17, 15) is 9.90 Å². The number of thioether (sulfide) groups is 1. The van der Waals surface area contributed by atoms with E-state index in [1.165, 1.54) is 24.6 Å². The molecule has 1 aliphatic heterocycles. The van der Waals surface area contributed by atoms with Crippen molar-refractivity contribution in [1.29, 1.82) is 0 Å². The molecule has 0 radical (unpaired) electrons. The zero-order chi connectivity index (χ0) is 23.7. The van der Waals surface area contributed by atoms with Crippen molar-refractivity contribution >= 4 is 41.1 Å². The number of carbonyl (C=O) groups is 1. The Bertz CT molecular complexity index is 873. The molecule has 0 saturated heterocycles. The number of hydrogen-bond donors (Lipinski definition) is 1. The lowest BCUT2D eigenvalue weighted by atomic mass is 10.1. The van der Waals surface area contributed by atoms with Crippen LogP contribution in [-0.4, -0.2) is 47.4 Å². The number of unbranched alkanes of at least 4 members (excludes halogenated alkanes) is 1. The summed E-state index contributed by atoms with van der Waals surface area (Å²) in [5.41, 5.74) is 3.27. The van der Waals surface area contributed by atoms with Crippen LogP contribution >= 0.6 is 23.7 Å². The Morgan fingerprint density at radius 2 is 1.81 bits per heavy atom. The summed E-state index contributed by atoms with van der Waals surface area (Å²) in [4.78, 5) is 14.9. The molecule has 1 heterocycles. The zero-order valence-corrected chi connectivity index (χ0v) is 21.7. The number of nitrogens with zero attached hydrogens (tertiary/aromatic N) is 2. The maximum Gasteiger partial charge on any atom is 0.319 e. The lowest BCUT2D eigenvalue weighted by molar-refractivity contribution is -0.138. The summed E-state index contributed by atoms with van der Waals surface area (Å²) >= 11 is 3.12. The highest BCUT2D eigenvalue weighted by atomic mass is 32.2. The van der Waals surface area contributed by atoms with E-state index in [4.69, 9.17) is 4.74 Å². The first-order valence-electron chi connectivity index (χ1n) is 11.0. The van der Waals surface area contributed by atoms with Crippen LogP contribution in [0.4, 0.5) is 11.4 Å². The van der Waals surface area contributed by atoms with Crippen LogP contribution in [0.15, 0.2) is 47.4 Å². The third-order valence-electron chi connectivity index (χ3n) is 5.22. The molecule has 0 atom stereocenters. The molecule has 0 bridgehead atoms. The molecule has 2 aromatic rings. The molecular formula is C25H36N2O3S2. The second-order valence-corrected chi connectivity index (χ2v) is 11.0. The van der Waals surface area contributed by atoms with Crippen molar-refractivity contribution in [3.63, 3.8) is 0 Å². The van der Waals surface area contributed by atoms with Crippen LogP contribution in [0.25, 0.3) is 0 Å². The second-order valence-electron chi connectivity index (χ2n) is 8.17. The quantitative estimate of drug-likeness (QED) is 0.447. The first kappa shape index (κ1) is 26.4. The number of carboxylic acid groups (broad SMARTS) is 1. The van der Waals surface area contributed by atoms with Gasteiger partial charge in [-0.15, -0.1) is 11.8 Å². The third-order valence-corrected chi connectivity index (χ3v) is 7.59. The van der Waals surface area contributed by atoms with Crippen molar-refractivity contribution in [1.82, 2.24) is 4.31 Å². The number of carboxylic acids is 1. The van der Waals surface area contributed by atoms with Gasteiger partial charge in [0, 0.05) is 41.1 Å². The molecular weight excluding hydrogens is 440 g/mol. The van der Waals surface area contributed by atoms with Crippen LogP contribution in [-0.2, 0) is 10.5 Å². The van der Waals surface area contributed by atoms with E-state index in [0.29, 0.717) is 5.75 Å². The van der Waals surface area contributed by atoms with Crippen LogP contribution in [0.1, 0.15) is 46.1 Å². The van der Waals surface area contributed by atoms with Crippen molar-refractivity contribution in [2.75, 3.05) is 32.1 Å². The molecule has 1 aliphatic rings. The zero-order valence-electron chi connectivity index (χ0n) is 20.1. The molecule has 2 aromatic carbocycles. The monoisotopic (exact) mass is 476 g/mol. The van der Waals surface area contributed by atoms with Gasteiger partial charge in [-0.2, -0.15) is 0 Å². The van der Waals surface area contributed by atoms with Crippen molar-refractivity contribution in [2.45, 2.75) is 55.9 Å². The van der Waals surface area contributed by atoms with Crippen molar-refractivity contribution in [3.05, 3.63) is 48.0 Å². The van der Waals surface area contributed by atoms with Crippen LogP contribution in [0.2, 0.25) is 0 Å². The summed E-state index contributed by atoms with van der Waals surface area (Å²) in [6, 6.07) is 14.6. The first-order chi connectivity index (χ1) is 15.2. The van der Waals surface area contributed by atoms with E-state index in [-0.39, 0.29) is 0 Å². The van der Waals surface area contributed by atoms with E-state index < -0.39 is 10.7 Å². The molecule has 0 saturated carbocycles. The molecule has 32 heavy (non-hydrogen) atoms. The van der Waals surface area contributed by atoms with Gasteiger partial charge in [0.05, 0.1) is 12.8 Å². The van der Waals surface area contributed by atoms with Gasteiger partial charge in [0.25, 0.3) is 0 Å². The normalized spacial score (nSPS) is 14.1. The molecule has 5 nitrogen and oxygen atoms in total. The fourth-order valence-corrected chi connectivity index (χ4v) is 4.78. The highest BCUT2D eigenvalue weighted by Crippen LogP contribution is 2.43. The number of benzene rings is 2. The summed E-state index contributed by atoms with van der Waals surface area (Å²) in [5.74, 6) is 0.555. The summed E-state index contributed by atoms with van der Waals surface area (Å²) < 4.78 is 7.06. The molecule has 7 heteroatoms. The Kier molecular flexibility index (Phi) is 10.3. The Morgan fingerprint density at radius 3 is 2.38 bits per heavy atom. The van der Waals surface area contributed by atoms with Crippen LogP contribution in [0, 0.1) is 0 Å². The van der Waals surface area contributed by atoms with Crippen LogP contribution < -0.4 is 9.64 Å². The summed E-state index contributed by atoms with van der Waals surface area (Å²) in [6.45, 7) is 9.63. The number of ether oxygens (including phenoxy) is 1. The molecule has 1 N–H and O–H groups in total. The second kappa shape index (κ2) is 12.4. The third kappa shape index (κ3) is 7.09. The number of methoxy groups -OCH3 is 1. The van der Waals surface area contributed by atoms with Crippen molar-refractivity contribution in [3.8, 4) is 5.75 Å². The molecule has 0 aliphatic carbocycles. The Labute approximate surface area is 201 Å². The van der Waals surface area contributed by atoms with Crippen LogP contribution in [0.3, 0.4) is 0 Å². The van der Waals surface area contributed by atoms with Crippen molar-refractivity contribution < 1.29 is 14.6 Å². The van der Waals surface area contributed by atoms with Gasteiger partial charge in [0.15, 0.2) is 0 Å².